The monoisotopic (exact) mass is 405 g/mol. The number of ketones is 1. The van der Waals surface area contributed by atoms with Gasteiger partial charge < -0.3 is 4.90 Å². The van der Waals surface area contributed by atoms with E-state index in [9.17, 15) is 13.6 Å². The number of aromatic nitrogens is 2. The van der Waals surface area contributed by atoms with Crippen LogP contribution in [0.2, 0.25) is 0 Å². The predicted molar refractivity (Wildman–Crippen MR) is 110 cm³/mol. The molecule has 2 aliphatic heterocycles. The number of fused-ring (bicyclic) bond motifs is 2. The fraction of sp³-hybridized carbons (Fsp3) is 0.292. The van der Waals surface area contributed by atoms with E-state index < -0.39 is 11.6 Å². The van der Waals surface area contributed by atoms with E-state index in [1.54, 1.807) is 36.7 Å². The fourth-order valence-electron chi connectivity index (χ4n) is 4.92. The summed E-state index contributed by atoms with van der Waals surface area (Å²) in [5, 5.41) is 0. The fourth-order valence-corrected chi connectivity index (χ4v) is 4.92. The largest absolute Gasteiger partial charge is 0.335 e. The van der Waals surface area contributed by atoms with Crippen LogP contribution in [0.5, 0.6) is 0 Å². The Kier molecular flexibility index (Phi) is 4.77. The van der Waals surface area contributed by atoms with Crippen molar-refractivity contribution >= 4 is 11.7 Å². The van der Waals surface area contributed by atoms with E-state index in [0.717, 1.165) is 37.7 Å². The number of anilines is 1. The Morgan fingerprint density at radius 1 is 0.933 bits per heavy atom. The molecule has 6 heteroatoms. The molecule has 0 amide bonds. The highest BCUT2D eigenvalue weighted by atomic mass is 19.1. The Morgan fingerprint density at radius 2 is 1.60 bits per heavy atom. The lowest BCUT2D eigenvalue weighted by atomic mass is 9.84. The van der Waals surface area contributed by atoms with Crippen molar-refractivity contribution in [3.63, 3.8) is 0 Å². The van der Waals surface area contributed by atoms with Gasteiger partial charge >= 0.3 is 0 Å². The minimum Gasteiger partial charge on any atom is -0.335 e. The van der Waals surface area contributed by atoms with Gasteiger partial charge in [0.2, 0.25) is 5.95 Å². The van der Waals surface area contributed by atoms with Crippen molar-refractivity contribution in [1.29, 1.82) is 0 Å². The van der Waals surface area contributed by atoms with Gasteiger partial charge in [0.25, 0.3) is 0 Å². The highest BCUT2D eigenvalue weighted by Gasteiger charge is 2.44. The number of hydrogen-bond donors (Lipinski definition) is 0. The molecular formula is C24H21F2N3O. The van der Waals surface area contributed by atoms with Gasteiger partial charge in [0.1, 0.15) is 11.6 Å². The maximum atomic E-state index is 14.0. The molecule has 0 radical (unpaired) electrons. The first-order chi connectivity index (χ1) is 14.6. The molecule has 3 aromatic rings. The molecule has 2 saturated heterocycles. The Morgan fingerprint density at radius 3 is 2.23 bits per heavy atom. The van der Waals surface area contributed by atoms with Crippen LogP contribution in [0.3, 0.4) is 0 Å². The van der Waals surface area contributed by atoms with Crippen LogP contribution in [0.1, 0.15) is 36.0 Å². The summed E-state index contributed by atoms with van der Waals surface area (Å²) in [7, 11) is 0. The van der Waals surface area contributed by atoms with Crippen LogP contribution in [0, 0.1) is 17.6 Å². The maximum Gasteiger partial charge on any atom is 0.225 e. The molecule has 152 valence electrons. The Bertz CT molecular complexity index is 1060. The van der Waals surface area contributed by atoms with Gasteiger partial charge in [-0.15, -0.1) is 0 Å². The van der Waals surface area contributed by atoms with Gasteiger partial charge in [-0.25, -0.2) is 18.7 Å². The third-order valence-electron chi connectivity index (χ3n) is 6.30. The van der Waals surface area contributed by atoms with E-state index >= 15 is 0 Å². The summed E-state index contributed by atoms with van der Waals surface area (Å²) in [4.78, 5) is 24.2. The summed E-state index contributed by atoms with van der Waals surface area (Å²) < 4.78 is 27.2. The van der Waals surface area contributed by atoms with Gasteiger partial charge in [-0.1, -0.05) is 24.3 Å². The second-order valence-corrected chi connectivity index (χ2v) is 8.08. The Balaban J connectivity index is 1.32. The third-order valence-corrected chi connectivity index (χ3v) is 6.30. The Hall–Kier alpha value is -3.15. The number of benzene rings is 2. The number of piperidine rings is 1. The van der Waals surface area contributed by atoms with E-state index in [2.05, 4.69) is 14.9 Å². The average molecular weight is 405 g/mol. The van der Waals surface area contributed by atoms with Gasteiger partial charge in [-0.3, -0.25) is 4.79 Å². The first-order valence-corrected chi connectivity index (χ1v) is 10.2. The van der Waals surface area contributed by atoms with Crippen molar-refractivity contribution < 1.29 is 13.6 Å². The number of carbonyl (C=O) groups excluding carboxylic acids is 1. The molecule has 0 spiro atoms. The molecule has 30 heavy (non-hydrogen) atoms. The quantitative estimate of drug-likeness (QED) is 0.570. The van der Waals surface area contributed by atoms with Crippen LogP contribution in [0.25, 0.3) is 11.1 Å². The summed E-state index contributed by atoms with van der Waals surface area (Å²) >= 11 is 0. The SMILES string of the molecule is O=C(c1ccc(-c2ccc(F)cc2F)cc1)C1CC2CCC(C1)N2c1ncccn1. The van der Waals surface area contributed by atoms with Crippen LogP contribution < -0.4 is 4.90 Å². The summed E-state index contributed by atoms with van der Waals surface area (Å²) in [6.07, 6.45) is 7.20. The third kappa shape index (κ3) is 3.36. The molecule has 5 rings (SSSR count). The smallest absolute Gasteiger partial charge is 0.225 e. The number of Topliss-reactive ketones (excluding diaryl/α,β-unsaturated/α-hetero) is 1. The van der Waals surface area contributed by atoms with Crippen LogP contribution in [-0.2, 0) is 0 Å². The normalized spacial score (nSPS) is 22.9. The Labute approximate surface area is 173 Å². The van der Waals surface area contributed by atoms with E-state index in [1.807, 2.05) is 6.07 Å². The predicted octanol–water partition coefficient (Wildman–Crippen LogP) is 5.05. The number of hydrogen-bond acceptors (Lipinski definition) is 4. The summed E-state index contributed by atoms with van der Waals surface area (Å²) in [5.74, 6) is -0.366. The average Bonchev–Trinajstić information content (AvgIpc) is 3.03. The topological polar surface area (TPSA) is 46.1 Å². The highest BCUT2D eigenvalue weighted by molar-refractivity contribution is 5.98. The van der Waals surface area contributed by atoms with Crippen molar-refractivity contribution in [2.45, 2.75) is 37.8 Å². The second kappa shape index (κ2) is 7.59. The van der Waals surface area contributed by atoms with E-state index in [4.69, 9.17) is 0 Å². The maximum absolute atomic E-state index is 14.0. The number of carbonyl (C=O) groups is 1. The van der Waals surface area contributed by atoms with E-state index in [-0.39, 0.29) is 23.8 Å². The zero-order chi connectivity index (χ0) is 20.7. The van der Waals surface area contributed by atoms with Gasteiger partial charge in [0.05, 0.1) is 0 Å². The lowest BCUT2D eigenvalue weighted by Gasteiger charge is -2.38. The molecule has 4 nitrogen and oxygen atoms in total. The summed E-state index contributed by atoms with van der Waals surface area (Å²) in [6.45, 7) is 0. The van der Waals surface area contributed by atoms with Crippen LogP contribution in [0.4, 0.5) is 14.7 Å². The molecule has 0 N–H and O–H groups in total. The van der Waals surface area contributed by atoms with Gasteiger partial charge in [0.15, 0.2) is 5.78 Å². The number of rotatable bonds is 4. The van der Waals surface area contributed by atoms with Crippen molar-refractivity contribution in [2.24, 2.45) is 5.92 Å². The van der Waals surface area contributed by atoms with E-state index in [0.29, 0.717) is 16.7 Å². The van der Waals surface area contributed by atoms with Crippen molar-refractivity contribution in [2.75, 3.05) is 4.90 Å². The lowest BCUT2D eigenvalue weighted by Crippen LogP contribution is -2.45. The van der Waals surface area contributed by atoms with Crippen LogP contribution in [-0.4, -0.2) is 27.8 Å². The molecule has 0 saturated carbocycles. The van der Waals surface area contributed by atoms with Crippen LogP contribution in [0.15, 0.2) is 60.9 Å². The molecule has 2 aromatic carbocycles. The zero-order valence-corrected chi connectivity index (χ0v) is 16.3. The minimum atomic E-state index is -0.610. The molecule has 2 bridgehead atoms. The summed E-state index contributed by atoms with van der Waals surface area (Å²) in [5.41, 5.74) is 1.58. The molecule has 2 fully saturated rings. The first kappa shape index (κ1) is 18.9. The zero-order valence-electron chi connectivity index (χ0n) is 16.3. The molecule has 0 aliphatic carbocycles. The standard InChI is InChI=1S/C24H21F2N3O/c25-18-6-9-21(22(26)14-18)15-2-4-16(5-3-15)23(30)17-12-19-7-8-20(13-17)29(19)24-27-10-1-11-28-24/h1-6,9-11,14,17,19-20H,7-8,12-13H2. The molecule has 1 aromatic heterocycles. The molecule has 2 aliphatic rings. The van der Waals surface area contributed by atoms with Gasteiger partial charge in [-0.2, -0.15) is 0 Å². The van der Waals surface area contributed by atoms with Crippen molar-refractivity contribution in [1.82, 2.24) is 9.97 Å². The van der Waals surface area contributed by atoms with E-state index in [1.165, 1.54) is 12.1 Å². The first-order valence-electron chi connectivity index (χ1n) is 10.2. The number of halogens is 2. The van der Waals surface area contributed by atoms with Gasteiger partial charge in [-0.05, 0) is 49.4 Å². The highest BCUT2D eigenvalue weighted by Crippen LogP contribution is 2.41. The lowest BCUT2D eigenvalue weighted by molar-refractivity contribution is 0.0885. The van der Waals surface area contributed by atoms with Crippen LogP contribution >= 0.6 is 0 Å². The minimum absolute atomic E-state index is 0.0316. The number of nitrogens with zero attached hydrogens (tertiary/aromatic N) is 3. The summed E-state index contributed by atoms with van der Waals surface area (Å²) in [6, 6.07) is 12.8. The molecular weight excluding hydrogens is 384 g/mol. The molecule has 2 unspecified atom stereocenters. The molecule has 2 atom stereocenters. The second-order valence-electron chi connectivity index (χ2n) is 8.08. The van der Waals surface area contributed by atoms with Crippen molar-refractivity contribution in [3.05, 3.63) is 78.1 Å². The molecule has 3 heterocycles. The van der Waals surface area contributed by atoms with Gasteiger partial charge in [0, 0.05) is 47.6 Å². The van der Waals surface area contributed by atoms with Crippen molar-refractivity contribution in [3.8, 4) is 11.1 Å².